The Morgan fingerprint density at radius 2 is 2.12 bits per heavy atom. The van der Waals surface area contributed by atoms with Gasteiger partial charge >= 0.3 is 0 Å². The van der Waals surface area contributed by atoms with Crippen LogP contribution in [-0.2, 0) is 13.5 Å². The quantitative estimate of drug-likeness (QED) is 0.689. The van der Waals surface area contributed by atoms with Crippen LogP contribution in [0.15, 0.2) is 48.8 Å². The Bertz CT molecular complexity index is 1050. The third-order valence-electron chi connectivity index (χ3n) is 4.38. The van der Waals surface area contributed by atoms with Crippen molar-refractivity contribution in [2.75, 3.05) is 5.73 Å². The molecule has 130 valence electrons. The molecule has 3 aromatic rings. The van der Waals surface area contributed by atoms with Crippen LogP contribution in [0.25, 0.3) is 28.7 Å². The molecule has 0 atom stereocenters. The monoisotopic (exact) mass is 363 g/mol. The van der Waals surface area contributed by atoms with Crippen molar-refractivity contribution in [2.24, 2.45) is 7.05 Å². The fraction of sp³-hybridized carbons (Fsp3) is 0.150. The molecule has 6 heteroatoms. The van der Waals surface area contributed by atoms with E-state index in [0.29, 0.717) is 22.2 Å². The first-order chi connectivity index (χ1) is 12.5. The number of anilines is 1. The van der Waals surface area contributed by atoms with E-state index < -0.39 is 0 Å². The minimum absolute atomic E-state index is 0.353. The third-order valence-corrected chi connectivity index (χ3v) is 4.72. The fourth-order valence-corrected chi connectivity index (χ4v) is 3.43. The molecule has 1 aromatic carbocycles. The molecule has 5 nitrogen and oxygen atoms in total. The molecule has 1 aliphatic carbocycles. The second kappa shape index (κ2) is 6.42. The summed E-state index contributed by atoms with van der Waals surface area (Å²) < 4.78 is 1.72. The number of nitrogens with two attached hydrogens (primary N) is 1. The summed E-state index contributed by atoms with van der Waals surface area (Å²) in [5.41, 5.74) is 12.2. The normalized spacial score (nSPS) is 13.5. The zero-order valence-corrected chi connectivity index (χ0v) is 15.2. The Balaban J connectivity index is 1.90. The molecule has 26 heavy (non-hydrogen) atoms. The van der Waals surface area contributed by atoms with Crippen molar-refractivity contribution in [2.45, 2.75) is 12.8 Å². The fourth-order valence-electron chi connectivity index (χ4n) is 3.14. The molecule has 0 aliphatic heterocycles. The summed E-state index contributed by atoms with van der Waals surface area (Å²) in [7, 11) is 1.86. The number of aromatic nitrogens is 4. The number of fused-ring (bicyclic) bond motifs is 1. The predicted octanol–water partition coefficient (Wildman–Crippen LogP) is 4.30. The molecule has 0 saturated heterocycles. The molecule has 2 N–H and O–H groups in total. The molecule has 0 radical (unpaired) electrons. The zero-order chi connectivity index (χ0) is 18.3. The highest BCUT2D eigenvalue weighted by atomic mass is 35.5. The lowest BCUT2D eigenvalue weighted by Gasteiger charge is -2.12. The maximum absolute atomic E-state index is 6.60. The van der Waals surface area contributed by atoms with E-state index in [0.717, 1.165) is 40.8 Å². The lowest BCUT2D eigenvalue weighted by molar-refractivity contribution is 0.770. The molecule has 0 spiro atoms. The van der Waals surface area contributed by atoms with Crippen LogP contribution in [0.4, 0.5) is 5.82 Å². The van der Waals surface area contributed by atoms with Crippen LogP contribution in [0.1, 0.15) is 17.5 Å². The van der Waals surface area contributed by atoms with Gasteiger partial charge < -0.3 is 5.73 Å². The van der Waals surface area contributed by atoms with Crippen LogP contribution in [-0.4, -0.2) is 19.7 Å². The third kappa shape index (κ3) is 3.02. The SMILES string of the molecule is C=C1CC=Cc2cc(-c3ncc(N)nc3-c3ccn(C)n3)cc(Cl)c2C1. The lowest BCUT2D eigenvalue weighted by Crippen LogP contribution is -2.00. The highest BCUT2D eigenvalue weighted by Gasteiger charge is 2.18. The van der Waals surface area contributed by atoms with E-state index >= 15 is 0 Å². The van der Waals surface area contributed by atoms with Gasteiger partial charge in [0.15, 0.2) is 0 Å². The van der Waals surface area contributed by atoms with E-state index in [1.165, 1.54) is 0 Å². The smallest absolute Gasteiger partial charge is 0.142 e. The first-order valence-electron chi connectivity index (χ1n) is 8.30. The van der Waals surface area contributed by atoms with Crippen LogP contribution in [0, 0.1) is 0 Å². The van der Waals surface area contributed by atoms with Crippen LogP contribution in [0.3, 0.4) is 0 Å². The Morgan fingerprint density at radius 3 is 2.88 bits per heavy atom. The zero-order valence-electron chi connectivity index (χ0n) is 14.4. The van der Waals surface area contributed by atoms with E-state index in [2.05, 4.69) is 39.9 Å². The Labute approximate surface area is 156 Å². The van der Waals surface area contributed by atoms with Gasteiger partial charge in [0.05, 0.1) is 11.9 Å². The second-order valence-corrected chi connectivity index (χ2v) is 6.83. The molecule has 0 saturated carbocycles. The number of halogens is 1. The number of allylic oxidation sites excluding steroid dienone is 2. The molecule has 2 heterocycles. The molecular weight excluding hydrogens is 346 g/mol. The van der Waals surface area contributed by atoms with Crippen molar-refractivity contribution in [3.63, 3.8) is 0 Å². The van der Waals surface area contributed by atoms with Crippen molar-refractivity contribution >= 4 is 23.5 Å². The van der Waals surface area contributed by atoms with Crippen LogP contribution < -0.4 is 5.73 Å². The summed E-state index contributed by atoms with van der Waals surface area (Å²) >= 11 is 6.60. The van der Waals surface area contributed by atoms with Gasteiger partial charge in [0.25, 0.3) is 0 Å². The van der Waals surface area contributed by atoms with Crippen molar-refractivity contribution in [1.29, 1.82) is 0 Å². The Kier molecular flexibility index (Phi) is 4.09. The number of hydrogen-bond acceptors (Lipinski definition) is 4. The average Bonchev–Trinajstić information content (AvgIpc) is 2.94. The summed E-state index contributed by atoms with van der Waals surface area (Å²) in [5, 5.41) is 5.15. The van der Waals surface area contributed by atoms with E-state index in [9.17, 15) is 0 Å². The number of hydrogen-bond donors (Lipinski definition) is 1. The van der Waals surface area contributed by atoms with Gasteiger partial charge in [-0.1, -0.05) is 35.9 Å². The standard InChI is InChI=1S/C20H18ClN5/c1-12-4-3-5-13-9-14(10-16(21)15(13)8-12)19-20(24-18(22)11-23-19)17-6-7-26(2)25-17/h3,5-7,9-11H,1,4,8H2,2H3,(H2,22,24). The first kappa shape index (κ1) is 16.5. The molecule has 2 aromatic heterocycles. The Morgan fingerprint density at radius 1 is 1.27 bits per heavy atom. The van der Waals surface area contributed by atoms with Gasteiger partial charge in [-0.2, -0.15) is 5.10 Å². The van der Waals surface area contributed by atoms with Gasteiger partial charge in [0.2, 0.25) is 0 Å². The summed E-state index contributed by atoms with van der Waals surface area (Å²) in [6.45, 7) is 4.10. The highest BCUT2D eigenvalue weighted by Crippen LogP contribution is 2.35. The molecular formula is C20H18ClN5. The first-order valence-corrected chi connectivity index (χ1v) is 8.67. The van der Waals surface area contributed by atoms with E-state index in [1.54, 1.807) is 10.9 Å². The van der Waals surface area contributed by atoms with Gasteiger partial charge in [0, 0.05) is 23.8 Å². The molecule has 4 rings (SSSR count). The highest BCUT2D eigenvalue weighted by molar-refractivity contribution is 6.32. The van der Waals surface area contributed by atoms with Crippen LogP contribution in [0.5, 0.6) is 0 Å². The summed E-state index contributed by atoms with van der Waals surface area (Å²) in [5.74, 6) is 0.353. The van der Waals surface area contributed by atoms with E-state index in [1.807, 2.05) is 25.4 Å². The second-order valence-electron chi connectivity index (χ2n) is 6.43. The number of nitrogens with zero attached hydrogens (tertiary/aromatic N) is 4. The van der Waals surface area contributed by atoms with Crippen molar-refractivity contribution in [3.8, 4) is 22.6 Å². The van der Waals surface area contributed by atoms with Crippen molar-refractivity contribution in [3.05, 3.63) is 65.0 Å². The number of aryl methyl sites for hydroxylation is 1. The van der Waals surface area contributed by atoms with E-state index in [4.69, 9.17) is 17.3 Å². The topological polar surface area (TPSA) is 69.6 Å². The molecule has 0 unspecified atom stereocenters. The molecule has 0 fully saturated rings. The van der Waals surface area contributed by atoms with E-state index in [-0.39, 0.29) is 0 Å². The average molecular weight is 364 g/mol. The Hall–Kier alpha value is -2.92. The maximum Gasteiger partial charge on any atom is 0.142 e. The van der Waals surface area contributed by atoms with Crippen LogP contribution in [0.2, 0.25) is 5.02 Å². The minimum atomic E-state index is 0.353. The molecule has 1 aliphatic rings. The summed E-state index contributed by atoms with van der Waals surface area (Å²) in [6.07, 6.45) is 9.27. The molecule has 0 amide bonds. The summed E-state index contributed by atoms with van der Waals surface area (Å²) in [6, 6.07) is 5.91. The van der Waals surface area contributed by atoms with Crippen molar-refractivity contribution in [1.82, 2.24) is 19.7 Å². The van der Waals surface area contributed by atoms with Gasteiger partial charge in [-0.25, -0.2) is 4.98 Å². The maximum atomic E-state index is 6.60. The number of nitrogen functional groups attached to an aromatic ring is 1. The van der Waals surface area contributed by atoms with Gasteiger partial charge in [-0.3, -0.25) is 9.67 Å². The summed E-state index contributed by atoms with van der Waals surface area (Å²) in [4.78, 5) is 9.00. The lowest BCUT2D eigenvalue weighted by atomic mass is 9.97. The number of benzene rings is 1. The minimum Gasteiger partial charge on any atom is -0.382 e. The van der Waals surface area contributed by atoms with Gasteiger partial charge in [0.1, 0.15) is 17.2 Å². The largest absolute Gasteiger partial charge is 0.382 e. The van der Waals surface area contributed by atoms with Crippen molar-refractivity contribution < 1.29 is 0 Å². The predicted molar refractivity (Wildman–Crippen MR) is 106 cm³/mol. The van der Waals surface area contributed by atoms with Gasteiger partial charge in [-0.15, -0.1) is 0 Å². The molecule has 0 bridgehead atoms. The number of rotatable bonds is 2. The van der Waals surface area contributed by atoms with Gasteiger partial charge in [-0.05, 0) is 42.2 Å². The van der Waals surface area contributed by atoms with Crippen LogP contribution >= 0.6 is 11.6 Å².